The molecule has 1 saturated heterocycles. The third-order valence-corrected chi connectivity index (χ3v) is 9.27. The van der Waals surface area contributed by atoms with Crippen LogP contribution in [0.2, 0.25) is 0 Å². The molecule has 3 aromatic rings. The van der Waals surface area contributed by atoms with Crippen LogP contribution in [0.3, 0.4) is 0 Å². The van der Waals surface area contributed by atoms with Crippen LogP contribution in [0.15, 0.2) is 84.9 Å². The van der Waals surface area contributed by atoms with E-state index in [0.717, 1.165) is 12.0 Å². The smallest absolute Gasteiger partial charge is 0.251 e. The molecule has 39 heavy (non-hydrogen) atoms. The molecule has 7 nitrogen and oxygen atoms in total. The van der Waals surface area contributed by atoms with Crippen molar-refractivity contribution >= 4 is 21.6 Å². The first-order chi connectivity index (χ1) is 18.8. The normalized spacial score (nSPS) is 17.5. The molecule has 1 aliphatic heterocycles. The van der Waals surface area contributed by atoms with E-state index in [9.17, 15) is 13.2 Å². The summed E-state index contributed by atoms with van der Waals surface area (Å²) in [5, 5.41) is 3.21. The molecule has 1 fully saturated rings. The number of hydrogen-bond donors (Lipinski definition) is 1. The lowest BCUT2D eigenvalue weighted by atomic mass is 9.99. The van der Waals surface area contributed by atoms with E-state index in [1.165, 1.54) is 16.9 Å². The van der Waals surface area contributed by atoms with Gasteiger partial charge in [-0.1, -0.05) is 80.6 Å². The summed E-state index contributed by atoms with van der Waals surface area (Å²) < 4.78 is 32.7. The molecule has 0 aliphatic carbocycles. The van der Waals surface area contributed by atoms with E-state index in [4.69, 9.17) is 4.74 Å². The summed E-state index contributed by atoms with van der Waals surface area (Å²) >= 11 is 0. The number of anilines is 1. The Bertz CT molecular complexity index is 1320. The Morgan fingerprint density at radius 2 is 1.72 bits per heavy atom. The minimum atomic E-state index is -3.45. The Morgan fingerprint density at radius 1 is 1.03 bits per heavy atom. The highest BCUT2D eigenvalue weighted by molar-refractivity contribution is 7.92. The second-order valence-corrected chi connectivity index (χ2v) is 12.2. The van der Waals surface area contributed by atoms with Crippen molar-refractivity contribution in [3.05, 3.63) is 102 Å². The first-order valence-electron chi connectivity index (χ1n) is 13.6. The van der Waals surface area contributed by atoms with Gasteiger partial charge >= 0.3 is 0 Å². The number of nitrogens with zero attached hydrogens (tertiary/aromatic N) is 2. The first-order valence-corrected chi connectivity index (χ1v) is 15.2. The van der Waals surface area contributed by atoms with E-state index >= 15 is 0 Å². The Hall–Kier alpha value is -3.20. The summed E-state index contributed by atoms with van der Waals surface area (Å²) in [6.45, 7) is 5.20. The van der Waals surface area contributed by atoms with E-state index in [2.05, 4.69) is 53.5 Å². The van der Waals surface area contributed by atoms with Crippen molar-refractivity contribution in [2.75, 3.05) is 30.4 Å². The van der Waals surface area contributed by atoms with Gasteiger partial charge in [-0.2, -0.15) is 0 Å². The third kappa shape index (κ3) is 7.26. The monoisotopic (exact) mass is 549 g/mol. The highest BCUT2D eigenvalue weighted by Crippen LogP contribution is 2.29. The van der Waals surface area contributed by atoms with Gasteiger partial charge in [0.1, 0.15) is 6.73 Å². The summed E-state index contributed by atoms with van der Waals surface area (Å²) in [5.74, 6) is -0.202. The lowest BCUT2D eigenvalue weighted by Gasteiger charge is -2.27. The first kappa shape index (κ1) is 28.8. The maximum atomic E-state index is 13.5. The van der Waals surface area contributed by atoms with Gasteiger partial charge in [-0.25, -0.2) is 8.42 Å². The number of carbonyl (C=O) groups excluding carboxylic acids is 1. The molecule has 0 unspecified atom stereocenters. The molecule has 1 aliphatic rings. The molecular weight excluding hydrogens is 510 g/mol. The predicted molar refractivity (Wildman–Crippen MR) is 156 cm³/mol. The summed E-state index contributed by atoms with van der Waals surface area (Å²) in [6.07, 6.45) is 1.91. The second-order valence-electron chi connectivity index (χ2n) is 10.0. The van der Waals surface area contributed by atoms with Gasteiger partial charge in [-0.3, -0.25) is 14.0 Å². The van der Waals surface area contributed by atoms with Crippen LogP contribution in [0.25, 0.3) is 0 Å². The minimum absolute atomic E-state index is 0.0519. The molecule has 0 saturated carbocycles. The van der Waals surface area contributed by atoms with Gasteiger partial charge < -0.3 is 10.1 Å². The molecular formula is C31H39N3O4S. The molecule has 1 N–H and O–H groups in total. The topological polar surface area (TPSA) is 79.0 Å². The summed E-state index contributed by atoms with van der Waals surface area (Å²) in [5.41, 5.74) is 3.24. The van der Waals surface area contributed by atoms with Gasteiger partial charge in [-0.15, -0.1) is 0 Å². The number of hydrogen-bond acceptors (Lipinski definition) is 5. The van der Waals surface area contributed by atoms with Gasteiger partial charge in [0.2, 0.25) is 10.0 Å². The van der Waals surface area contributed by atoms with Crippen LogP contribution >= 0.6 is 0 Å². The van der Waals surface area contributed by atoms with Crippen LogP contribution < -0.4 is 9.62 Å². The quantitative estimate of drug-likeness (QED) is 0.344. The summed E-state index contributed by atoms with van der Waals surface area (Å²) in [7, 11) is -1.92. The van der Waals surface area contributed by atoms with Gasteiger partial charge in [0, 0.05) is 25.2 Å². The van der Waals surface area contributed by atoms with Gasteiger partial charge in [0.05, 0.1) is 23.6 Å². The zero-order valence-electron chi connectivity index (χ0n) is 23.0. The van der Waals surface area contributed by atoms with Gasteiger partial charge in [0.15, 0.2) is 0 Å². The molecule has 208 valence electrons. The largest absolute Gasteiger partial charge is 0.359 e. The van der Waals surface area contributed by atoms with E-state index in [0.29, 0.717) is 37.4 Å². The molecule has 0 radical (unpaired) electrons. The number of benzene rings is 3. The average molecular weight is 550 g/mol. The van der Waals surface area contributed by atoms with Crippen molar-refractivity contribution in [2.45, 2.75) is 51.3 Å². The molecule has 3 atom stereocenters. The van der Waals surface area contributed by atoms with Crippen LogP contribution in [0.1, 0.15) is 54.2 Å². The van der Waals surface area contributed by atoms with Crippen molar-refractivity contribution in [2.24, 2.45) is 0 Å². The summed E-state index contributed by atoms with van der Waals surface area (Å²) in [4.78, 5) is 15.8. The maximum Gasteiger partial charge on any atom is 0.251 e. The lowest BCUT2D eigenvalue weighted by molar-refractivity contribution is 0.0543. The number of carbonyl (C=O) groups is 1. The second kappa shape index (κ2) is 13.2. The molecule has 3 aromatic carbocycles. The fourth-order valence-corrected chi connectivity index (χ4v) is 6.39. The molecule has 0 spiro atoms. The van der Waals surface area contributed by atoms with Crippen molar-refractivity contribution in [3.63, 3.8) is 0 Å². The Balaban J connectivity index is 1.53. The lowest BCUT2D eigenvalue weighted by Crippen LogP contribution is -2.46. The van der Waals surface area contributed by atoms with E-state index in [1.54, 1.807) is 24.3 Å². The number of amides is 1. The van der Waals surface area contributed by atoms with E-state index < -0.39 is 10.0 Å². The van der Waals surface area contributed by atoms with E-state index in [-0.39, 0.29) is 29.8 Å². The molecule has 1 heterocycles. The Morgan fingerprint density at radius 3 is 2.38 bits per heavy atom. The standard InChI is InChI=1S/C31H39N3O4S/c1-4-19-39(36,37)33(3)27-18-12-17-26(21-27)31(35)32-28(20-24-13-8-6-9-14-24)30-22-34(23-38-30)29(5-2)25-15-10-7-11-16-25/h6-18,21,28-30H,4-5,19-20,22-23H2,1-3H3,(H,32,35)/t28-,29-,30+/m0/s1. The molecule has 1 amide bonds. The highest BCUT2D eigenvalue weighted by atomic mass is 32.2. The number of nitrogens with one attached hydrogen (secondary N) is 1. The van der Waals surface area contributed by atoms with Crippen LogP contribution in [-0.4, -0.2) is 57.4 Å². The highest BCUT2D eigenvalue weighted by Gasteiger charge is 2.35. The zero-order valence-corrected chi connectivity index (χ0v) is 23.8. The van der Waals surface area contributed by atoms with Crippen LogP contribution in [0, 0.1) is 0 Å². The fourth-order valence-electron chi connectivity index (χ4n) is 5.16. The molecule has 0 bridgehead atoms. The van der Waals surface area contributed by atoms with Crippen LogP contribution in [0.4, 0.5) is 5.69 Å². The molecule has 0 aromatic heterocycles. The third-order valence-electron chi connectivity index (χ3n) is 7.30. The van der Waals surface area contributed by atoms with Crippen molar-refractivity contribution in [1.82, 2.24) is 10.2 Å². The molecule has 8 heteroatoms. The Kier molecular flexibility index (Phi) is 9.78. The minimum Gasteiger partial charge on any atom is -0.359 e. The Labute approximate surface area is 232 Å². The van der Waals surface area contributed by atoms with Gasteiger partial charge in [0.25, 0.3) is 5.91 Å². The van der Waals surface area contributed by atoms with Crippen molar-refractivity contribution in [1.29, 1.82) is 0 Å². The van der Waals surface area contributed by atoms with Crippen LogP contribution in [-0.2, 0) is 21.2 Å². The van der Waals surface area contributed by atoms with Gasteiger partial charge in [-0.05, 0) is 48.6 Å². The zero-order chi connectivity index (χ0) is 27.8. The van der Waals surface area contributed by atoms with E-state index in [1.807, 2.05) is 31.2 Å². The molecule has 4 rings (SSSR count). The number of ether oxygens (including phenoxy) is 1. The summed E-state index contributed by atoms with van der Waals surface area (Å²) in [6, 6.07) is 27.3. The number of rotatable bonds is 12. The predicted octanol–water partition coefficient (Wildman–Crippen LogP) is 5.01. The van der Waals surface area contributed by atoms with Crippen molar-refractivity contribution in [3.8, 4) is 0 Å². The fraction of sp³-hybridized carbons (Fsp3) is 0.387. The van der Waals surface area contributed by atoms with Crippen LogP contribution in [0.5, 0.6) is 0 Å². The average Bonchev–Trinajstić information content (AvgIpc) is 3.44. The number of sulfonamides is 1. The van der Waals surface area contributed by atoms with Crippen molar-refractivity contribution < 1.29 is 17.9 Å². The maximum absolute atomic E-state index is 13.5. The SMILES string of the molecule is CCCS(=O)(=O)N(C)c1cccc(C(=O)N[C@@H](Cc2ccccc2)[C@H]2CN([C@@H](CC)c3ccccc3)CO2)c1.